The zero-order chi connectivity index (χ0) is 18.4. The van der Waals surface area contributed by atoms with Crippen LogP contribution in [0.5, 0.6) is 0 Å². The van der Waals surface area contributed by atoms with Gasteiger partial charge in [0.2, 0.25) is 5.91 Å². The third-order valence-corrected chi connectivity index (χ3v) is 3.50. The molecule has 2 aromatic carbocycles. The van der Waals surface area contributed by atoms with Crippen molar-refractivity contribution >= 4 is 29.2 Å². The quantitative estimate of drug-likeness (QED) is 0.818. The smallest absolute Gasteiger partial charge is 0.337 e. The highest BCUT2D eigenvalue weighted by Gasteiger charge is 2.10. The largest absolute Gasteiger partial charge is 0.465 e. The first-order chi connectivity index (χ1) is 11.9. The van der Waals surface area contributed by atoms with Crippen molar-refractivity contribution in [3.8, 4) is 0 Å². The first-order valence-electron chi connectivity index (χ1n) is 7.81. The monoisotopic (exact) mass is 340 g/mol. The highest BCUT2D eigenvalue weighted by Crippen LogP contribution is 2.14. The predicted molar refractivity (Wildman–Crippen MR) is 95.6 cm³/mol. The summed E-state index contributed by atoms with van der Waals surface area (Å²) in [5.74, 6) is -0.914. The van der Waals surface area contributed by atoms with Crippen LogP contribution in [0.2, 0.25) is 0 Å². The van der Waals surface area contributed by atoms with Crippen LogP contribution in [-0.2, 0) is 9.53 Å². The molecule has 0 aliphatic heterocycles. The van der Waals surface area contributed by atoms with E-state index in [1.807, 2.05) is 13.8 Å². The van der Waals surface area contributed by atoms with Gasteiger partial charge >= 0.3 is 5.97 Å². The summed E-state index contributed by atoms with van der Waals surface area (Å²) >= 11 is 0. The standard InChI is InChI=1S/C19H20N2O4/c1-12(2)17(22)20-15-8-4-13(5-9-15)18(23)21-16-10-6-14(7-11-16)19(24)25-3/h4-12H,1-3H3,(H,20,22)(H,21,23). The number of carbonyl (C=O) groups excluding carboxylic acids is 3. The van der Waals surface area contributed by atoms with Crippen molar-refractivity contribution in [1.82, 2.24) is 0 Å². The van der Waals surface area contributed by atoms with Crippen LogP contribution in [0.1, 0.15) is 34.6 Å². The van der Waals surface area contributed by atoms with Crippen LogP contribution in [-0.4, -0.2) is 24.9 Å². The molecular weight excluding hydrogens is 320 g/mol. The highest BCUT2D eigenvalue weighted by atomic mass is 16.5. The van der Waals surface area contributed by atoms with E-state index in [1.165, 1.54) is 7.11 Å². The van der Waals surface area contributed by atoms with E-state index < -0.39 is 5.97 Å². The van der Waals surface area contributed by atoms with Crippen LogP contribution in [0.3, 0.4) is 0 Å². The van der Waals surface area contributed by atoms with Crippen LogP contribution in [0, 0.1) is 5.92 Å². The topological polar surface area (TPSA) is 84.5 Å². The zero-order valence-corrected chi connectivity index (χ0v) is 14.3. The summed E-state index contributed by atoms with van der Waals surface area (Å²) in [7, 11) is 1.31. The van der Waals surface area contributed by atoms with Crippen LogP contribution in [0.15, 0.2) is 48.5 Å². The van der Waals surface area contributed by atoms with Gasteiger partial charge < -0.3 is 15.4 Å². The predicted octanol–water partition coefficient (Wildman–Crippen LogP) is 3.32. The Hall–Kier alpha value is -3.15. The lowest BCUT2D eigenvalue weighted by atomic mass is 10.1. The molecule has 2 amide bonds. The molecule has 0 aliphatic rings. The number of esters is 1. The maximum absolute atomic E-state index is 12.2. The normalized spacial score (nSPS) is 10.2. The minimum absolute atomic E-state index is 0.0807. The summed E-state index contributed by atoms with van der Waals surface area (Å²) in [5.41, 5.74) is 2.07. The molecule has 130 valence electrons. The first-order valence-corrected chi connectivity index (χ1v) is 7.81. The zero-order valence-electron chi connectivity index (χ0n) is 14.3. The number of hydrogen-bond donors (Lipinski definition) is 2. The van der Waals surface area contributed by atoms with Crippen molar-refractivity contribution in [3.63, 3.8) is 0 Å². The molecule has 0 fully saturated rings. The van der Waals surface area contributed by atoms with Crippen LogP contribution in [0.25, 0.3) is 0 Å². The second-order valence-corrected chi connectivity index (χ2v) is 5.74. The van der Waals surface area contributed by atoms with E-state index in [9.17, 15) is 14.4 Å². The third-order valence-electron chi connectivity index (χ3n) is 3.50. The van der Waals surface area contributed by atoms with E-state index in [0.717, 1.165) is 0 Å². The Kier molecular flexibility index (Phi) is 5.89. The van der Waals surface area contributed by atoms with Crippen LogP contribution in [0.4, 0.5) is 11.4 Å². The molecule has 2 N–H and O–H groups in total. The Morgan fingerprint density at radius 1 is 0.800 bits per heavy atom. The number of ether oxygens (including phenoxy) is 1. The molecule has 6 nitrogen and oxygen atoms in total. The molecule has 0 aliphatic carbocycles. The number of benzene rings is 2. The second kappa shape index (κ2) is 8.10. The van der Waals surface area contributed by atoms with Crippen molar-refractivity contribution in [2.24, 2.45) is 5.92 Å². The van der Waals surface area contributed by atoms with Gasteiger partial charge in [-0.05, 0) is 48.5 Å². The molecule has 0 aromatic heterocycles. The number of methoxy groups -OCH3 is 1. The summed E-state index contributed by atoms with van der Waals surface area (Å²) in [6.45, 7) is 3.62. The summed E-state index contributed by atoms with van der Waals surface area (Å²) in [4.78, 5) is 35.3. The van der Waals surface area contributed by atoms with Gasteiger partial charge in [0.1, 0.15) is 0 Å². The van der Waals surface area contributed by atoms with E-state index in [4.69, 9.17) is 0 Å². The fraction of sp³-hybridized carbons (Fsp3) is 0.211. The number of nitrogens with one attached hydrogen (secondary N) is 2. The summed E-state index contributed by atoms with van der Waals surface area (Å²) in [6, 6.07) is 13.0. The molecule has 2 aromatic rings. The first kappa shape index (κ1) is 18.2. The van der Waals surface area contributed by atoms with Crippen molar-refractivity contribution in [1.29, 1.82) is 0 Å². The van der Waals surface area contributed by atoms with Crippen LogP contribution >= 0.6 is 0 Å². The van der Waals surface area contributed by atoms with E-state index in [-0.39, 0.29) is 17.7 Å². The highest BCUT2D eigenvalue weighted by molar-refractivity contribution is 6.05. The maximum Gasteiger partial charge on any atom is 0.337 e. The van der Waals surface area contributed by atoms with E-state index in [2.05, 4.69) is 15.4 Å². The molecule has 0 saturated carbocycles. The molecule has 25 heavy (non-hydrogen) atoms. The third kappa shape index (κ3) is 4.91. The van der Waals surface area contributed by atoms with E-state index >= 15 is 0 Å². The molecule has 0 saturated heterocycles. The van der Waals surface area contributed by atoms with Gasteiger partial charge in [-0.3, -0.25) is 9.59 Å². The van der Waals surface area contributed by atoms with Gasteiger partial charge in [-0.15, -0.1) is 0 Å². The summed E-state index contributed by atoms with van der Waals surface area (Å²) < 4.78 is 4.62. The van der Waals surface area contributed by atoms with Crippen LogP contribution < -0.4 is 10.6 Å². The summed E-state index contributed by atoms with van der Waals surface area (Å²) in [5, 5.41) is 5.51. The van der Waals surface area contributed by atoms with Crippen molar-refractivity contribution in [2.45, 2.75) is 13.8 Å². The lowest BCUT2D eigenvalue weighted by Gasteiger charge is -2.09. The molecule has 0 heterocycles. The van der Waals surface area contributed by atoms with Gasteiger partial charge in [0, 0.05) is 22.9 Å². The molecule has 0 bridgehead atoms. The van der Waals surface area contributed by atoms with Gasteiger partial charge in [0.05, 0.1) is 12.7 Å². The lowest BCUT2D eigenvalue weighted by Crippen LogP contribution is -2.18. The minimum atomic E-state index is -0.433. The minimum Gasteiger partial charge on any atom is -0.465 e. The molecular formula is C19H20N2O4. The Morgan fingerprint density at radius 2 is 1.28 bits per heavy atom. The molecule has 2 rings (SSSR count). The molecule has 0 unspecified atom stereocenters. The number of carbonyl (C=O) groups is 3. The number of anilines is 2. The van der Waals surface area contributed by atoms with E-state index in [1.54, 1.807) is 48.5 Å². The Morgan fingerprint density at radius 3 is 1.76 bits per heavy atom. The van der Waals surface area contributed by atoms with Gasteiger partial charge in [-0.2, -0.15) is 0 Å². The fourth-order valence-electron chi connectivity index (χ4n) is 2.00. The molecule has 6 heteroatoms. The number of amides is 2. The maximum atomic E-state index is 12.2. The van der Waals surface area contributed by atoms with Crippen molar-refractivity contribution in [3.05, 3.63) is 59.7 Å². The average molecular weight is 340 g/mol. The Bertz CT molecular complexity index is 765. The molecule has 0 atom stereocenters. The fourth-order valence-corrected chi connectivity index (χ4v) is 2.00. The summed E-state index contributed by atoms with van der Waals surface area (Å²) in [6.07, 6.45) is 0. The van der Waals surface area contributed by atoms with Crippen molar-refractivity contribution in [2.75, 3.05) is 17.7 Å². The number of hydrogen-bond acceptors (Lipinski definition) is 4. The lowest BCUT2D eigenvalue weighted by molar-refractivity contribution is -0.118. The van der Waals surface area contributed by atoms with Gasteiger partial charge in [-0.1, -0.05) is 13.8 Å². The van der Waals surface area contributed by atoms with E-state index in [0.29, 0.717) is 22.5 Å². The Labute approximate surface area is 146 Å². The molecule has 0 radical (unpaired) electrons. The van der Waals surface area contributed by atoms with Gasteiger partial charge in [0.15, 0.2) is 0 Å². The SMILES string of the molecule is COC(=O)c1ccc(NC(=O)c2ccc(NC(=O)C(C)C)cc2)cc1. The Balaban J connectivity index is 2.01. The van der Waals surface area contributed by atoms with Gasteiger partial charge in [0.25, 0.3) is 5.91 Å². The molecule has 0 spiro atoms. The van der Waals surface area contributed by atoms with Gasteiger partial charge in [-0.25, -0.2) is 4.79 Å². The second-order valence-electron chi connectivity index (χ2n) is 5.74. The number of rotatable bonds is 5. The van der Waals surface area contributed by atoms with Crippen molar-refractivity contribution < 1.29 is 19.1 Å². The average Bonchev–Trinajstić information content (AvgIpc) is 2.62.